The first-order chi connectivity index (χ1) is 11.6. The number of rotatable bonds is 4. The third kappa shape index (κ3) is 4.97. The van der Waals surface area contributed by atoms with Crippen LogP contribution in [0.15, 0.2) is 49.1 Å². The molecule has 136 valence electrons. The quantitative estimate of drug-likeness (QED) is 0.492. The molecule has 1 aromatic rings. The lowest BCUT2D eigenvalue weighted by atomic mass is 9.69. The summed E-state index contributed by atoms with van der Waals surface area (Å²) in [5.74, 6) is 2.07. The van der Waals surface area contributed by atoms with Crippen LogP contribution in [0.2, 0.25) is 0 Å². The molecule has 2 rings (SSSR count). The fourth-order valence-corrected chi connectivity index (χ4v) is 4.15. The third-order valence-electron chi connectivity index (χ3n) is 5.88. The van der Waals surface area contributed by atoms with Gasteiger partial charge in [0.05, 0.1) is 0 Å². The number of hydrogen-bond acceptors (Lipinski definition) is 0. The molecule has 0 heteroatoms. The van der Waals surface area contributed by atoms with Crippen molar-refractivity contribution in [1.29, 1.82) is 0 Å². The van der Waals surface area contributed by atoms with Crippen molar-refractivity contribution in [3.8, 4) is 0 Å². The van der Waals surface area contributed by atoms with Crippen LogP contribution in [0.3, 0.4) is 0 Å². The van der Waals surface area contributed by atoms with Crippen LogP contribution >= 0.6 is 0 Å². The van der Waals surface area contributed by atoms with Crippen molar-refractivity contribution in [3.05, 3.63) is 60.2 Å². The summed E-state index contributed by atoms with van der Waals surface area (Å²) in [5.41, 5.74) is 6.40. The Kier molecular flexibility index (Phi) is 6.14. The van der Waals surface area contributed by atoms with Crippen LogP contribution in [-0.2, 0) is 0 Å². The molecule has 0 radical (unpaired) electrons. The van der Waals surface area contributed by atoms with Gasteiger partial charge in [-0.15, -0.1) is 0 Å². The van der Waals surface area contributed by atoms with Gasteiger partial charge in [0.25, 0.3) is 0 Å². The average Bonchev–Trinajstić information content (AvgIpc) is 2.54. The van der Waals surface area contributed by atoms with Crippen molar-refractivity contribution in [2.45, 2.75) is 60.8 Å². The largest absolute Gasteiger partial charge is 0.0949 e. The molecule has 3 unspecified atom stereocenters. The van der Waals surface area contributed by atoms with Gasteiger partial charge in [0, 0.05) is 0 Å². The van der Waals surface area contributed by atoms with Crippen molar-refractivity contribution in [2.24, 2.45) is 23.2 Å². The van der Waals surface area contributed by atoms with Crippen LogP contribution in [-0.4, -0.2) is 0 Å². The molecular weight excluding hydrogens is 300 g/mol. The molecule has 0 bridgehead atoms. The Morgan fingerprint density at radius 1 is 1.00 bits per heavy atom. The zero-order chi connectivity index (χ0) is 18.8. The number of hydrogen-bond donors (Lipinski definition) is 0. The molecule has 0 N–H and O–H groups in total. The summed E-state index contributed by atoms with van der Waals surface area (Å²) < 4.78 is 0. The molecule has 0 saturated heterocycles. The summed E-state index contributed by atoms with van der Waals surface area (Å²) in [4.78, 5) is 0. The maximum absolute atomic E-state index is 4.43. The zero-order valence-corrected chi connectivity index (χ0v) is 17.2. The molecule has 1 saturated carbocycles. The van der Waals surface area contributed by atoms with Crippen LogP contribution in [0.4, 0.5) is 0 Å². The van der Waals surface area contributed by atoms with Crippen LogP contribution in [0.1, 0.15) is 71.9 Å². The Morgan fingerprint density at radius 3 is 2.12 bits per heavy atom. The van der Waals surface area contributed by atoms with Crippen molar-refractivity contribution in [1.82, 2.24) is 0 Å². The van der Waals surface area contributed by atoms with Crippen LogP contribution < -0.4 is 0 Å². The topological polar surface area (TPSA) is 0 Å². The molecule has 0 amide bonds. The molecule has 1 aromatic carbocycles. The fourth-order valence-electron chi connectivity index (χ4n) is 4.15. The minimum Gasteiger partial charge on any atom is -0.0949 e. The second-order valence-electron chi connectivity index (χ2n) is 9.15. The smallest absolute Gasteiger partial charge is 0.0134 e. The van der Waals surface area contributed by atoms with Gasteiger partial charge in [0.2, 0.25) is 0 Å². The Balaban J connectivity index is 2.15. The summed E-state index contributed by atoms with van der Waals surface area (Å²) in [5, 5.41) is 0. The molecule has 0 heterocycles. The van der Waals surface area contributed by atoms with Gasteiger partial charge >= 0.3 is 0 Å². The van der Waals surface area contributed by atoms with Gasteiger partial charge in [-0.25, -0.2) is 0 Å². The SMILES string of the molecule is C=C(C(=C)C1CCCC(C)C1C)c1ccc(/C(C)=C/C(C)(C)C)cc1. The highest BCUT2D eigenvalue weighted by molar-refractivity contribution is 5.78. The first-order valence-electron chi connectivity index (χ1n) is 9.78. The van der Waals surface area contributed by atoms with E-state index < -0.39 is 0 Å². The highest BCUT2D eigenvalue weighted by Crippen LogP contribution is 2.41. The van der Waals surface area contributed by atoms with E-state index in [4.69, 9.17) is 0 Å². The molecule has 0 spiro atoms. The summed E-state index contributed by atoms with van der Waals surface area (Å²) in [6, 6.07) is 8.86. The first-order valence-corrected chi connectivity index (χ1v) is 9.78. The van der Waals surface area contributed by atoms with E-state index in [0.29, 0.717) is 11.8 Å². The van der Waals surface area contributed by atoms with Crippen molar-refractivity contribution < 1.29 is 0 Å². The van der Waals surface area contributed by atoms with Crippen molar-refractivity contribution in [2.75, 3.05) is 0 Å². The molecule has 1 fully saturated rings. The van der Waals surface area contributed by atoms with Gasteiger partial charge in [0.15, 0.2) is 0 Å². The molecule has 1 aliphatic rings. The first kappa shape index (κ1) is 19.8. The van der Waals surface area contributed by atoms with Gasteiger partial charge in [-0.1, -0.05) is 91.0 Å². The normalized spacial score (nSPS) is 24.9. The van der Waals surface area contributed by atoms with E-state index in [-0.39, 0.29) is 5.41 Å². The lowest BCUT2D eigenvalue weighted by molar-refractivity contribution is 0.214. The Labute approximate surface area is 155 Å². The highest BCUT2D eigenvalue weighted by atomic mass is 14.3. The van der Waals surface area contributed by atoms with Crippen molar-refractivity contribution in [3.63, 3.8) is 0 Å². The lowest BCUT2D eigenvalue weighted by Crippen LogP contribution is -2.25. The number of allylic oxidation sites excluding steroid dienone is 4. The average molecular weight is 337 g/mol. The van der Waals surface area contributed by atoms with Gasteiger partial charge in [0.1, 0.15) is 0 Å². The molecule has 0 aliphatic heterocycles. The monoisotopic (exact) mass is 336 g/mol. The van der Waals surface area contributed by atoms with Gasteiger partial charge in [-0.2, -0.15) is 0 Å². The minimum atomic E-state index is 0.203. The van der Waals surface area contributed by atoms with Crippen LogP contribution in [0.5, 0.6) is 0 Å². The Morgan fingerprint density at radius 2 is 1.56 bits per heavy atom. The van der Waals surface area contributed by atoms with Gasteiger partial charge < -0.3 is 0 Å². The van der Waals surface area contributed by atoms with Gasteiger partial charge in [-0.05, 0) is 64.4 Å². The van der Waals surface area contributed by atoms with E-state index >= 15 is 0 Å². The summed E-state index contributed by atoms with van der Waals surface area (Å²) >= 11 is 0. The highest BCUT2D eigenvalue weighted by Gasteiger charge is 2.29. The maximum atomic E-state index is 4.43. The number of benzene rings is 1. The summed E-state index contributed by atoms with van der Waals surface area (Å²) in [6.45, 7) is 22.5. The molecule has 0 nitrogen and oxygen atoms in total. The third-order valence-corrected chi connectivity index (χ3v) is 5.88. The van der Waals surface area contributed by atoms with Crippen LogP contribution in [0.25, 0.3) is 11.1 Å². The predicted molar refractivity (Wildman–Crippen MR) is 113 cm³/mol. The summed E-state index contributed by atoms with van der Waals surface area (Å²) in [6.07, 6.45) is 6.26. The van der Waals surface area contributed by atoms with Gasteiger partial charge in [-0.3, -0.25) is 0 Å². The fraction of sp³-hybridized carbons (Fsp3) is 0.520. The maximum Gasteiger partial charge on any atom is -0.0134 e. The van der Waals surface area contributed by atoms with E-state index in [2.05, 4.69) is 85.0 Å². The van der Waals surface area contributed by atoms with E-state index in [1.165, 1.54) is 41.5 Å². The minimum absolute atomic E-state index is 0.203. The van der Waals surface area contributed by atoms with Crippen LogP contribution in [0, 0.1) is 23.2 Å². The second-order valence-corrected chi connectivity index (χ2v) is 9.15. The van der Waals surface area contributed by atoms with E-state index in [9.17, 15) is 0 Å². The Hall–Kier alpha value is -1.56. The standard InChI is InChI=1S/C25H36/c1-17-10-9-11-24(19(17)3)21(5)20(4)23-14-12-22(13-15-23)18(2)16-25(6,7)8/h12-17,19,24H,4-5,9-11H2,1-3,6-8H3/b18-16+. The Bertz CT molecular complexity index is 648. The van der Waals surface area contributed by atoms with E-state index in [1.54, 1.807) is 0 Å². The van der Waals surface area contributed by atoms with Crippen molar-refractivity contribution >= 4 is 11.1 Å². The second kappa shape index (κ2) is 7.77. The molecule has 0 aromatic heterocycles. The van der Waals surface area contributed by atoms with E-state index in [1.807, 2.05) is 0 Å². The summed E-state index contributed by atoms with van der Waals surface area (Å²) in [7, 11) is 0. The lowest BCUT2D eigenvalue weighted by Gasteiger charge is -2.36. The molecule has 25 heavy (non-hydrogen) atoms. The predicted octanol–water partition coefficient (Wildman–Crippen LogP) is 7.78. The molecular formula is C25H36. The van der Waals surface area contributed by atoms with E-state index in [0.717, 1.165) is 11.5 Å². The zero-order valence-electron chi connectivity index (χ0n) is 17.2. The molecule has 1 aliphatic carbocycles. The molecule has 3 atom stereocenters.